The number of nitrogens with zero attached hydrogens (tertiary/aromatic N) is 3. The Morgan fingerprint density at radius 2 is 2.29 bits per heavy atom. The van der Waals surface area contributed by atoms with Crippen LogP contribution in [0.25, 0.3) is 0 Å². The second kappa shape index (κ2) is 6.59. The first kappa shape index (κ1) is 15.3. The Labute approximate surface area is 129 Å². The first-order valence-corrected chi connectivity index (χ1v) is 7.23. The average Bonchev–Trinajstić information content (AvgIpc) is 2.97. The number of nitrogens with one attached hydrogen (secondary N) is 1. The van der Waals surface area contributed by atoms with E-state index >= 15 is 0 Å². The van der Waals surface area contributed by atoms with Crippen LogP contribution in [0.5, 0.6) is 0 Å². The molecule has 1 N–H and O–H groups in total. The SMILES string of the molecule is CC(CNC(=O)c1ccnc(Cl)c1[N+](=O)[O-])c1nccs1. The number of carbonyl (C=O) groups excluding carboxylic acids is 1. The molecule has 0 saturated carbocycles. The molecule has 1 unspecified atom stereocenters. The van der Waals surface area contributed by atoms with Gasteiger partial charge in [-0.1, -0.05) is 18.5 Å². The minimum Gasteiger partial charge on any atom is -0.351 e. The van der Waals surface area contributed by atoms with Crippen LogP contribution in [0.15, 0.2) is 23.8 Å². The third-order valence-electron chi connectivity index (χ3n) is 2.75. The van der Waals surface area contributed by atoms with Crippen LogP contribution in [0.4, 0.5) is 5.69 Å². The third kappa shape index (κ3) is 3.53. The molecular formula is C12H11ClN4O3S. The zero-order valence-electron chi connectivity index (χ0n) is 10.9. The van der Waals surface area contributed by atoms with E-state index in [1.165, 1.54) is 23.6 Å². The summed E-state index contributed by atoms with van der Waals surface area (Å²) in [5.41, 5.74) is -0.593. The number of carbonyl (C=O) groups is 1. The molecule has 21 heavy (non-hydrogen) atoms. The number of halogens is 1. The summed E-state index contributed by atoms with van der Waals surface area (Å²) in [5, 5.41) is 16.0. The number of rotatable bonds is 5. The van der Waals surface area contributed by atoms with Crippen molar-refractivity contribution in [3.63, 3.8) is 0 Å². The molecule has 2 aromatic rings. The number of amides is 1. The van der Waals surface area contributed by atoms with E-state index in [1.807, 2.05) is 12.3 Å². The lowest BCUT2D eigenvalue weighted by molar-refractivity contribution is -0.385. The van der Waals surface area contributed by atoms with Crippen LogP contribution in [0.3, 0.4) is 0 Å². The van der Waals surface area contributed by atoms with Crippen LogP contribution in [0.2, 0.25) is 5.15 Å². The first-order valence-electron chi connectivity index (χ1n) is 5.97. The van der Waals surface area contributed by atoms with Crippen LogP contribution < -0.4 is 5.32 Å². The largest absolute Gasteiger partial charge is 0.351 e. The van der Waals surface area contributed by atoms with Crippen molar-refractivity contribution in [2.75, 3.05) is 6.54 Å². The summed E-state index contributed by atoms with van der Waals surface area (Å²) in [6.45, 7) is 2.23. The predicted molar refractivity (Wildman–Crippen MR) is 78.8 cm³/mol. The molecule has 0 aromatic carbocycles. The van der Waals surface area contributed by atoms with Crippen LogP contribution in [-0.4, -0.2) is 27.3 Å². The summed E-state index contributed by atoms with van der Waals surface area (Å²) >= 11 is 7.16. The molecule has 1 amide bonds. The number of aromatic nitrogens is 2. The Morgan fingerprint density at radius 3 is 2.90 bits per heavy atom. The second-order valence-electron chi connectivity index (χ2n) is 4.24. The molecule has 9 heteroatoms. The Morgan fingerprint density at radius 1 is 1.52 bits per heavy atom. The van der Waals surface area contributed by atoms with Gasteiger partial charge in [-0.2, -0.15) is 0 Å². The molecule has 0 saturated heterocycles. The molecule has 7 nitrogen and oxygen atoms in total. The summed E-state index contributed by atoms with van der Waals surface area (Å²) in [5.74, 6) is -0.542. The van der Waals surface area contributed by atoms with Gasteiger partial charge in [-0.15, -0.1) is 11.3 Å². The summed E-state index contributed by atoms with van der Waals surface area (Å²) < 4.78 is 0. The van der Waals surface area contributed by atoms with Crippen molar-refractivity contribution in [1.29, 1.82) is 0 Å². The van der Waals surface area contributed by atoms with Crippen molar-refractivity contribution in [1.82, 2.24) is 15.3 Å². The molecule has 0 radical (unpaired) electrons. The second-order valence-corrected chi connectivity index (χ2v) is 5.52. The van der Waals surface area contributed by atoms with Gasteiger partial charge in [-0.05, 0) is 6.07 Å². The van der Waals surface area contributed by atoms with E-state index in [0.29, 0.717) is 6.54 Å². The fourth-order valence-electron chi connectivity index (χ4n) is 1.69. The van der Waals surface area contributed by atoms with Crippen molar-refractivity contribution in [3.8, 4) is 0 Å². The number of nitro groups is 1. The van der Waals surface area contributed by atoms with Gasteiger partial charge >= 0.3 is 5.69 Å². The Balaban J connectivity index is 2.11. The van der Waals surface area contributed by atoms with E-state index in [9.17, 15) is 14.9 Å². The highest BCUT2D eigenvalue weighted by Crippen LogP contribution is 2.26. The summed E-state index contributed by atoms with van der Waals surface area (Å²) in [7, 11) is 0. The van der Waals surface area contributed by atoms with Gasteiger partial charge in [-0.25, -0.2) is 9.97 Å². The van der Waals surface area contributed by atoms with Gasteiger partial charge in [0.1, 0.15) is 5.56 Å². The standard InChI is InChI=1S/C12H11ClN4O3S/c1-7(12-15-4-5-21-12)6-16-11(18)8-2-3-14-10(13)9(8)17(19)20/h2-5,7H,6H2,1H3,(H,16,18). The summed E-state index contributed by atoms with van der Waals surface area (Å²) in [4.78, 5) is 30.1. The fraction of sp³-hybridized carbons (Fsp3) is 0.250. The summed E-state index contributed by atoms with van der Waals surface area (Å²) in [6, 6.07) is 1.27. The molecule has 0 aliphatic carbocycles. The Kier molecular flexibility index (Phi) is 4.81. The minimum absolute atomic E-state index is 0.0188. The van der Waals surface area contributed by atoms with E-state index in [-0.39, 0.29) is 16.6 Å². The number of hydrogen-bond donors (Lipinski definition) is 1. The zero-order valence-corrected chi connectivity index (χ0v) is 12.5. The highest BCUT2D eigenvalue weighted by atomic mass is 35.5. The smallest absolute Gasteiger partial charge is 0.319 e. The lowest BCUT2D eigenvalue weighted by atomic mass is 10.1. The van der Waals surface area contributed by atoms with Gasteiger partial charge < -0.3 is 5.32 Å². The average molecular weight is 327 g/mol. The number of pyridine rings is 1. The Hall–Kier alpha value is -2.06. The van der Waals surface area contributed by atoms with Crippen molar-refractivity contribution < 1.29 is 9.72 Å². The van der Waals surface area contributed by atoms with E-state index in [4.69, 9.17) is 11.6 Å². The minimum atomic E-state index is -0.714. The molecule has 2 aromatic heterocycles. The normalized spacial score (nSPS) is 11.9. The first-order chi connectivity index (χ1) is 10.0. The molecule has 0 aliphatic rings. The molecule has 2 rings (SSSR count). The van der Waals surface area contributed by atoms with Crippen molar-refractivity contribution in [2.45, 2.75) is 12.8 Å². The number of hydrogen-bond acceptors (Lipinski definition) is 6. The Bertz CT molecular complexity index is 663. The van der Waals surface area contributed by atoms with Crippen LogP contribution >= 0.6 is 22.9 Å². The van der Waals surface area contributed by atoms with Gasteiger partial charge in [0.25, 0.3) is 5.91 Å². The van der Waals surface area contributed by atoms with Gasteiger partial charge in [0.2, 0.25) is 5.15 Å². The lowest BCUT2D eigenvalue weighted by Crippen LogP contribution is -2.28. The topological polar surface area (TPSA) is 98.0 Å². The zero-order chi connectivity index (χ0) is 15.4. The van der Waals surface area contributed by atoms with Gasteiger partial charge in [0.15, 0.2) is 0 Å². The molecule has 0 spiro atoms. The maximum atomic E-state index is 12.1. The quantitative estimate of drug-likeness (QED) is 0.517. The van der Waals surface area contributed by atoms with Gasteiger partial charge in [-0.3, -0.25) is 14.9 Å². The van der Waals surface area contributed by atoms with Crippen molar-refractivity contribution >= 4 is 34.5 Å². The van der Waals surface area contributed by atoms with Crippen molar-refractivity contribution in [2.24, 2.45) is 0 Å². The molecule has 0 fully saturated rings. The maximum absolute atomic E-state index is 12.1. The summed E-state index contributed by atoms with van der Waals surface area (Å²) in [6.07, 6.45) is 2.94. The van der Waals surface area contributed by atoms with E-state index < -0.39 is 16.5 Å². The van der Waals surface area contributed by atoms with Crippen LogP contribution in [0, 0.1) is 10.1 Å². The lowest BCUT2D eigenvalue weighted by Gasteiger charge is -2.10. The molecule has 2 heterocycles. The van der Waals surface area contributed by atoms with E-state index in [0.717, 1.165) is 5.01 Å². The highest BCUT2D eigenvalue weighted by Gasteiger charge is 2.25. The van der Waals surface area contributed by atoms with Crippen molar-refractivity contribution in [3.05, 3.63) is 49.7 Å². The third-order valence-corrected chi connectivity index (χ3v) is 4.03. The molecule has 1 atom stereocenters. The predicted octanol–water partition coefficient (Wildman–Crippen LogP) is 2.63. The molecule has 0 aliphatic heterocycles. The monoisotopic (exact) mass is 326 g/mol. The van der Waals surface area contributed by atoms with Crippen LogP contribution in [-0.2, 0) is 0 Å². The molecule has 0 bridgehead atoms. The van der Waals surface area contributed by atoms with Gasteiger partial charge in [0, 0.05) is 30.2 Å². The maximum Gasteiger partial charge on any atom is 0.319 e. The van der Waals surface area contributed by atoms with Gasteiger partial charge in [0.05, 0.1) is 9.93 Å². The highest BCUT2D eigenvalue weighted by molar-refractivity contribution is 7.09. The molecular weight excluding hydrogens is 316 g/mol. The molecule has 110 valence electrons. The van der Waals surface area contributed by atoms with E-state index in [2.05, 4.69) is 15.3 Å². The van der Waals surface area contributed by atoms with Crippen LogP contribution in [0.1, 0.15) is 28.2 Å². The number of thiazole rings is 1. The fourth-order valence-corrected chi connectivity index (χ4v) is 2.62. The van der Waals surface area contributed by atoms with E-state index in [1.54, 1.807) is 6.20 Å².